The maximum atomic E-state index is 11.3. The quantitative estimate of drug-likeness (QED) is 0.261. The molecule has 6 N–H and O–H groups in total. The predicted octanol–water partition coefficient (Wildman–Crippen LogP) is -1.18. The number of aliphatic hydroxyl groups excluding tert-OH is 2. The van der Waals surface area contributed by atoms with Crippen molar-refractivity contribution >= 4 is 11.8 Å². The summed E-state index contributed by atoms with van der Waals surface area (Å²) in [7, 11) is 0. The molecule has 7 heteroatoms. The molecule has 0 aromatic heterocycles. The number of hydrogen-bond donors (Lipinski definition) is 5. The second kappa shape index (κ2) is 6.83. The molecule has 0 aliphatic rings. The molecule has 2 amide bonds. The average molecular weight is 267 g/mol. The van der Waals surface area contributed by atoms with Gasteiger partial charge in [0, 0.05) is 19.0 Å². The van der Waals surface area contributed by atoms with Gasteiger partial charge in [0.1, 0.15) is 12.2 Å². The normalized spacial score (nSPS) is 13.5. The number of nitrogens with two attached hydrogens (primary N) is 1. The summed E-state index contributed by atoms with van der Waals surface area (Å²) in [6.45, 7) is 1.23. The third-order valence-electron chi connectivity index (χ3n) is 2.55. The first-order chi connectivity index (χ1) is 8.95. The Kier molecular flexibility index (Phi) is 5.43. The van der Waals surface area contributed by atoms with Crippen LogP contribution in [0, 0.1) is 0 Å². The third-order valence-corrected chi connectivity index (χ3v) is 2.55. The zero-order chi connectivity index (χ0) is 14.4. The van der Waals surface area contributed by atoms with Crippen LogP contribution in [0.3, 0.4) is 0 Å². The molecule has 0 saturated heterocycles. The molecule has 0 aliphatic carbocycles. The fourth-order valence-corrected chi connectivity index (χ4v) is 1.53. The number of nitrogens with one attached hydrogen (secondary N) is 2. The van der Waals surface area contributed by atoms with Crippen molar-refractivity contribution in [2.24, 2.45) is 5.84 Å². The summed E-state index contributed by atoms with van der Waals surface area (Å²) < 4.78 is 0. The van der Waals surface area contributed by atoms with Crippen molar-refractivity contribution in [1.29, 1.82) is 0 Å². The zero-order valence-electron chi connectivity index (χ0n) is 10.5. The van der Waals surface area contributed by atoms with Gasteiger partial charge in [-0.1, -0.05) is 12.1 Å². The van der Waals surface area contributed by atoms with Crippen LogP contribution in [0.4, 0.5) is 0 Å². The Morgan fingerprint density at radius 1 is 1.37 bits per heavy atom. The highest BCUT2D eigenvalue weighted by Gasteiger charge is 2.19. The van der Waals surface area contributed by atoms with E-state index in [1.54, 1.807) is 12.1 Å². The number of rotatable bonds is 5. The third kappa shape index (κ3) is 4.32. The molecule has 0 aliphatic heterocycles. The lowest BCUT2D eigenvalue weighted by atomic mass is 10.0. The highest BCUT2D eigenvalue weighted by atomic mass is 16.3. The molecule has 1 aromatic rings. The van der Waals surface area contributed by atoms with Crippen molar-refractivity contribution in [3.05, 3.63) is 35.4 Å². The van der Waals surface area contributed by atoms with E-state index in [4.69, 9.17) is 5.84 Å². The smallest absolute Gasteiger partial charge is 0.265 e. The molecule has 104 valence electrons. The molecule has 0 fully saturated rings. The minimum Gasteiger partial charge on any atom is -0.388 e. The van der Waals surface area contributed by atoms with Crippen molar-refractivity contribution in [3.8, 4) is 0 Å². The van der Waals surface area contributed by atoms with E-state index in [1.165, 1.54) is 19.1 Å². The largest absolute Gasteiger partial charge is 0.388 e. The number of nitrogen functional groups attached to an aromatic ring is 1. The van der Waals surface area contributed by atoms with Gasteiger partial charge in [0.2, 0.25) is 5.91 Å². The molecular weight excluding hydrogens is 250 g/mol. The van der Waals surface area contributed by atoms with Crippen LogP contribution in [0.2, 0.25) is 0 Å². The van der Waals surface area contributed by atoms with E-state index >= 15 is 0 Å². The van der Waals surface area contributed by atoms with Gasteiger partial charge < -0.3 is 15.5 Å². The van der Waals surface area contributed by atoms with Gasteiger partial charge >= 0.3 is 0 Å². The number of hydrogen-bond acceptors (Lipinski definition) is 5. The summed E-state index contributed by atoms with van der Waals surface area (Å²) >= 11 is 0. The number of carbonyl (C=O) groups excluding carboxylic acids is 2. The molecule has 7 nitrogen and oxygen atoms in total. The van der Waals surface area contributed by atoms with Crippen LogP contribution in [0.15, 0.2) is 24.3 Å². The lowest BCUT2D eigenvalue weighted by molar-refractivity contribution is -0.119. The second-order valence-corrected chi connectivity index (χ2v) is 4.05. The standard InChI is InChI=1S/C12H17N3O4/c1-7(16)14-6-10(17)11(18)8-3-2-4-9(5-8)12(19)15-13/h2-5,10-11,17-18H,6,13H2,1H3,(H,14,16)(H,15,19). The van der Waals surface area contributed by atoms with E-state index in [9.17, 15) is 19.8 Å². The summed E-state index contributed by atoms with van der Waals surface area (Å²) in [4.78, 5) is 22.1. The summed E-state index contributed by atoms with van der Waals surface area (Å²) in [6.07, 6.45) is -2.38. The van der Waals surface area contributed by atoms with Gasteiger partial charge in [-0.3, -0.25) is 15.0 Å². The number of aliphatic hydroxyl groups is 2. The van der Waals surface area contributed by atoms with Crippen LogP contribution < -0.4 is 16.6 Å². The topological polar surface area (TPSA) is 125 Å². The number of benzene rings is 1. The maximum absolute atomic E-state index is 11.3. The molecule has 0 saturated carbocycles. The molecule has 0 heterocycles. The molecule has 1 aromatic carbocycles. The van der Waals surface area contributed by atoms with Gasteiger partial charge in [0.15, 0.2) is 0 Å². The van der Waals surface area contributed by atoms with Gasteiger partial charge in [-0.05, 0) is 17.7 Å². The number of carbonyl (C=O) groups is 2. The minimum atomic E-state index is -1.21. The fraction of sp³-hybridized carbons (Fsp3) is 0.333. The van der Waals surface area contributed by atoms with Crippen LogP contribution in [0.1, 0.15) is 28.9 Å². The van der Waals surface area contributed by atoms with Gasteiger partial charge in [-0.25, -0.2) is 5.84 Å². The highest BCUT2D eigenvalue weighted by molar-refractivity contribution is 5.93. The summed E-state index contributed by atoms with van der Waals surface area (Å²) in [5, 5.41) is 22.0. The fourth-order valence-electron chi connectivity index (χ4n) is 1.53. The molecule has 0 radical (unpaired) electrons. The van der Waals surface area contributed by atoms with E-state index in [2.05, 4.69) is 5.32 Å². The first kappa shape index (κ1) is 15.1. The molecular formula is C12H17N3O4. The van der Waals surface area contributed by atoms with E-state index in [1.807, 2.05) is 5.43 Å². The molecule has 1 rings (SSSR count). The lowest BCUT2D eigenvalue weighted by Gasteiger charge is -2.18. The minimum absolute atomic E-state index is 0.0796. The Hall–Kier alpha value is -1.96. The summed E-state index contributed by atoms with van der Waals surface area (Å²) in [5.41, 5.74) is 2.61. The van der Waals surface area contributed by atoms with E-state index < -0.39 is 18.1 Å². The van der Waals surface area contributed by atoms with Crippen LogP contribution in [-0.2, 0) is 4.79 Å². The Labute approximate surface area is 110 Å². The molecule has 0 bridgehead atoms. The van der Waals surface area contributed by atoms with Crippen LogP contribution in [0.25, 0.3) is 0 Å². The summed E-state index contributed by atoms with van der Waals surface area (Å²) in [5.74, 6) is 4.21. The van der Waals surface area contributed by atoms with Crippen molar-refractivity contribution < 1.29 is 19.8 Å². The van der Waals surface area contributed by atoms with Gasteiger partial charge in [0.25, 0.3) is 5.91 Å². The van der Waals surface area contributed by atoms with Crippen molar-refractivity contribution in [2.75, 3.05) is 6.54 Å². The van der Waals surface area contributed by atoms with E-state index in [-0.39, 0.29) is 18.0 Å². The van der Waals surface area contributed by atoms with E-state index in [0.717, 1.165) is 0 Å². The highest BCUT2D eigenvalue weighted by Crippen LogP contribution is 2.18. The number of hydrazine groups is 1. The van der Waals surface area contributed by atoms with Gasteiger partial charge in [0.05, 0.1) is 0 Å². The monoisotopic (exact) mass is 267 g/mol. The Bertz CT molecular complexity index is 464. The van der Waals surface area contributed by atoms with Gasteiger partial charge in [-0.2, -0.15) is 0 Å². The molecule has 2 unspecified atom stereocenters. The number of amides is 2. The first-order valence-electron chi connectivity index (χ1n) is 5.67. The Morgan fingerprint density at radius 3 is 2.63 bits per heavy atom. The van der Waals surface area contributed by atoms with Crippen LogP contribution >= 0.6 is 0 Å². The summed E-state index contributed by atoms with van der Waals surface area (Å²) in [6, 6.07) is 6.08. The molecule has 0 spiro atoms. The average Bonchev–Trinajstić information content (AvgIpc) is 2.43. The van der Waals surface area contributed by atoms with Crippen molar-refractivity contribution in [2.45, 2.75) is 19.1 Å². The van der Waals surface area contributed by atoms with Gasteiger partial charge in [-0.15, -0.1) is 0 Å². The molecule has 19 heavy (non-hydrogen) atoms. The SMILES string of the molecule is CC(=O)NCC(O)C(O)c1cccc(C(=O)NN)c1. The van der Waals surface area contributed by atoms with Crippen LogP contribution in [0.5, 0.6) is 0 Å². The van der Waals surface area contributed by atoms with Crippen LogP contribution in [-0.4, -0.2) is 34.7 Å². The van der Waals surface area contributed by atoms with Crippen molar-refractivity contribution in [3.63, 3.8) is 0 Å². The van der Waals surface area contributed by atoms with Crippen molar-refractivity contribution in [1.82, 2.24) is 10.7 Å². The molecule has 2 atom stereocenters. The lowest BCUT2D eigenvalue weighted by Crippen LogP contribution is -2.34. The Morgan fingerprint density at radius 2 is 2.05 bits per heavy atom. The predicted molar refractivity (Wildman–Crippen MR) is 67.7 cm³/mol. The first-order valence-corrected chi connectivity index (χ1v) is 5.67. The maximum Gasteiger partial charge on any atom is 0.265 e. The Balaban J connectivity index is 2.78. The van der Waals surface area contributed by atoms with E-state index in [0.29, 0.717) is 5.56 Å². The second-order valence-electron chi connectivity index (χ2n) is 4.05. The zero-order valence-corrected chi connectivity index (χ0v) is 10.5.